The van der Waals surface area contributed by atoms with E-state index in [0.29, 0.717) is 5.56 Å². The highest BCUT2D eigenvalue weighted by Gasteiger charge is 2.29. The van der Waals surface area contributed by atoms with Crippen molar-refractivity contribution < 1.29 is 14.1 Å². The van der Waals surface area contributed by atoms with Gasteiger partial charge in [0.2, 0.25) is 5.71 Å². The molecule has 0 bridgehead atoms. The van der Waals surface area contributed by atoms with E-state index in [-0.39, 0.29) is 12.3 Å². The minimum absolute atomic E-state index is 0.0846. The molecule has 0 N–H and O–H groups in total. The number of nitrogens with zero attached hydrogens (tertiary/aromatic N) is 1. The quantitative estimate of drug-likeness (QED) is 0.470. The lowest BCUT2D eigenvalue weighted by Crippen LogP contribution is -2.29. The predicted molar refractivity (Wildman–Crippen MR) is 85.2 cm³/mol. The fourth-order valence-corrected chi connectivity index (χ4v) is 2.28. The number of rotatable bonds is 4. The fraction of sp³-hybridized carbons (Fsp3) is 0.429. The van der Waals surface area contributed by atoms with Crippen molar-refractivity contribution in [2.24, 2.45) is 4.40 Å². The van der Waals surface area contributed by atoms with Crippen molar-refractivity contribution in [1.82, 2.24) is 0 Å². The molecular weight excluding hydrogens is 342 g/mol. The minimum Gasteiger partial charge on any atom is -0.591 e. The first kappa shape index (κ1) is 17.2. The molecule has 110 valence electrons. The predicted octanol–water partition coefficient (Wildman–Crippen LogP) is 3.26. The first-order valence-corrected chi connectivity index (χ1v) is 8.09. The first-order valence-electron chi connectivity index (χ1n) is 6.19. The van der Waals surface area contributed by atoms with Crippen LogP contribution in [0.4, 0.5) is 0 Å². The van der Waals surface area contributed by atoms with E-state index < -0.39 is 22.1 Å². The Hall–Kier alpha value is -0.850. The summed E-state index contributed by atoms with van der Waals surface area (Å²) in [7, 11) is 0. The molecule has 6 heteroatoms. The Labute approximate surface area is 131 Å². The molecule has 1 atom stereocenters. The van der Waals surface area contributed by atoms with Crippen molar-refractivity contribution in [2.45, 2.75) is 32.4 Å². The zero-order valence-electron chi connectivity index (χ0n) is 12.0. The van der Waals surface area contributed by atoms with Gasteiger partial charge < -0.3 is 9.29 Å². The molecule has 0 fully saturated rings. The molecular formula is C14H18BrNO3S. The van der Waals surface area contributed by atoms with Crippen LogP contribution in [0.15, 0.2) is 33.1 Å². The second-order valence-electron chi connectivity index (χ2n) is 5.03. The van der Waals surface area contributed by atoms with Gasteiger partial charge in [0.05, 0.1) is 6.61 Å². The third-order valence-corrected chi connectivity index (χ3v) is 4.15. The van der Waals surface area contributed by atoms with E-state index >= 15 is 0 Å². The van der Waals surface area contributed by atoms with Gasteiger partial charge in [-0.1, -0.05) is 32.5 Å². The van der Waals surface area contributed by atoms with Crippen LogP contribution in [0.3, 0.4) is 0 Å². The zero-order chi connectivity index (χ0) is 15.3. The van der Waals surface area contributed by atoms with Crippen LogP contribution in [0.2, 0.25) is 0 Å². The summed E-state index contributed by atoms with van der Waals surface area (Å²) in [5.41, 5.74) is 0.664. The van der Waals surface area contributed by atoms with Crippen molar-refractivity contribution in [2.75, 3.05) is 6.61 Å². The molecule has 20 heavy (non-hydrogen) atoms. The van der Waals surface area contributed by atoms with E-state index in [1.807, 2.05) is 6.07 Å². The highest BCUT2D eigenvalue weighted by Crippen LogP contribution is 2.20. The number of benzene rings is 1. The average Bonchev–Trinajstić information content (AvgIpc) is 2.34. The molecule has 1 aromatic rings. The molecule has 0 aliphatic carbocycles. The third kappa shape index (κ3) is 4.92. The zero-order valence-corrected chi connectivity index (χ0v) is 14.4. The second kappa shape index (κ2) is 7.24. The van der Waals surface area contributed by atoms with Gasteiger partial charge in [0.1, 0.15) is 16.1 Å². The maximum absolute atomic E-state index is 12.1. The number of ether oxygens (including phenoxy) is 1. The average molecular weight is 360 g/mol. The number of hydrogen-bond acceptors (Lipinski definition) is 4. The van der Waals surface area contributed by atoms with Gasteiger partial charge in [-0.3, -0.25) is 0 Å². The van der Waals surface area contributed by atoms with Gasteiger partial charge in [0.25, 0.3) is 0 Å². The number of halogens is 1. The topological polar surface area (TPSA) is 61.7 Å². The molecule has 0 amide bonds. The Bertz CT molecular complexity index is 511. The summed E-state index contributed by atoms with van der Waals surface area (Å²) in [5.74, 6) is -0.566. The van der Waals surface area contributed by atoms with Crippen molar-refractivity contribution in [1.29, 1.82) is 0 Å². The summed E-state index contributed by atoms with van der Waals surface area (Å²) >= 11 is 1.81. The molecule has 0 saturated carbocycles. The number of esters is 1. The van der Waals surface area contributed by atoms with Crippen LogP contribution in [0.1, 0.15) is 33.3 Å². The van der Waals surface area contributed by atoms with Crippen LogP contribution in [-0.2, 0) is 20.9 Å². The van der Waals surface area contributed by atoms with Crippen LogP contribution in [0.25, 0.3) is 0 Å². The normalized spacial score (nSPS) is 14.0. The lowest BCUT2D eigenvalue weighted by atomic mass is 10.1. The van der Waals surface area contributed by atoms with Crippen LogP contribution in [0, 0.1) is 0 Å². The van der Waals surface area contributed by atoms with Gasteiger partial charge in [0, 0.05) is 10.0 Å². The van der Waals surface area contributed by atoms with E-state index in [2.05, 4.69) is 20.3 Å². The van der Waals surface area contributed by atoms with E-state index in [1.54, 1.807) is 45.9 Å². The summed E-state index contributed by atoms with van der Waals surface area (Å²) in [4.78, 5) is 12.0. The van der Waals surface area contributed by atoms with Crippen molar-refractivity contribution in [3.05, 3.63) is 34.3 Å². The summed E-state index contributed by atoms with van der Waals surface area (Å²) in [5, 5.41) is 0. The van der Waals surface area contributed by atoms with Crippen molar-refractivity contribution in [3.8, 4) is 0 Å². The molecule has 0 radical (unpaired) electrons. The summed E-state index contributed by atoms with van der Waals surface area (Å²) in [6.07, 6.45) is 0. The number of carbonyl (C=O) groups excluding carboxylic acids is 1. The molecule has 0 spiro atoms. The lowest BCUT2D eigenvalue weighted by molar-refractivity contribution is -0.134. The highest BCUT2D eigenvalue weighted by atomic mass is 79.9. The van der Waals surface area contributed by atoms with Gasteiger partial charge in [0.15, 0.2) is 0 Å². The molecule has 0 saturated heterocycles. The van der Waals surface area contributed by atoms with Gasteiger partial charge in [-0.15, -0.1) is 0 Å². The van der Waals surface area contributed by atoms with Crippen LogP contribution in [-0.4, -0.2) is 27.6 Å². The molecule has 1 rings (SSSR count). The summed E-state index contributed by atoms with van der Waals surface area (Å²) in [6, 6.07) is 7.11. The smallest absolute Gasteiger partial charge is 0.362 e. The maximum Gasteiger partial charge on any atom is 0.362 e. The molecule has 0 heterocycles. The second-order valence-corrected chi connectivity index (χ2v) is 7.85. The molecule has 4 nitrogen and oxygen atoms in total. The maximum atomic E-state index is 12.1. The molecule has 1 aromatic carbocycles. The van der Waals surface area contributed by atoms with Crippen LogP contribution < -0.4 is 0 Å². The number of carbonyl (C=O) groups is 1. The van der Waals surface area contributed by atoms with Crippen LogP contribution >= 0.6 is 15.9 Å². The first-order chi connectivity index (χ1) is 9.25. The van der Waals surface area contributed by atoms with E-state index in [1.165, 1.54) is 0 Å². The Balaban J connectivity index is 3.22. The monoisotopic (exact) mass is 359 g/mol. The van der Waals surface area contributed by atoms with E-state index in [9.17, 15) is 9.35 Å². The van der Waals surface area contributed by atoms with Crippen molar-refractivity contribution >= 4 is 39.0 Å². The fourth-order valence-electron chi connectivity index (χ4n) is 1.26. The SMILES string of the molecule is CCOC(=O)/C(=N\[S+]([O-])C(C)(C)C)c1cccc(Br)c1. The molecule has 0 aliphatic rings. The van der Waals surface area contributed by atoms with E-state index in [4.69, 9.17) is 4.74 Å². The molecule has 1 unspecified atom stereocenters. The molecule has 0 aliphatic heterocycles. The van der Waals surface area contributed by atoms with E-state index in [0.717, 1.165) is 4.47 Å². The van der Waals surface area contributed by atoms with Gasteiger partial charge in [-0.25, -0.2) is 4.79 Å². The van der Waals surface area contributed by atoms with Gasteiger partial charge in [-0.2, -0.15) is 0 Å². The largest absolute Gasteiger partial charge is 0.591 e. The Morgan fingerprint density at radius 3 is 2.60 bits per heavy atom. The van der Waals surface area contributed by atoms with Gasteiger partial charge in [-0.05, 0) is 39.8 Å². The Kier molecular flexibility index (Phi) is 6.23. The third-order valence-electron chi connectivity index (χ3n) is 2.26. The number of hydrogen-bond donors (Lipinski definition) is 0. The minimum atomic E-state index is -1.53. The van der Waals surface area contributed by atoms with Gasteiger partial charge >= 0.3 is 5.97 Å². The van der Waals surface area contributed by atoms with Crippen molar-refractivity contribution in [3.63, 3.8) is 0 Å². The molecule has 0 aromatic heterocycles. The summed E-state index contributed by atoms with van der Waals surface area (Å²) in [6.45, 7) is 7.37. The Morgan fingerprint density at radius 2 is 2.10 bits per heavy atom. The highest BCUT2D eigenvalue weighted by molar-refractivity contribution is 9.10. The van der Waals surface area contributed by atoms with Crippen LogP contribution in [0.5, 0.6) is 0 Å². The standard InChI is InChI=1S/C14H18BrNO3S/c1-5-19-13(17)12(16-20(18)14(2,3)4)10-7-6-8-11(15)9-10/h6-9H,5H2,1-4H3/b16-12-. The lowest BCUT2D eigenvalue weighted by Gasteiger charge is -2.19. The summed E-state index contributed by atoms with van der Waals surface area (Å²) < 4.78 is 21.5. The Morgan fingerprint density at radius 1 is 1.45 bits per heavy atom.